The number of thioether (sulfide) groups is 1. The summed E-state index contributed by atoms with van der Waals surface area (Å²) < 4.78 is 2.76. The third kappa shape index (κ3) is 4.52. The van der Waals surface area contributed by atoms with Gasteiger partial charge in [0.25, 0.3) is 0 Å². The lowest BCUT2D eigenvalue weighted by Gasteiger charge is -2.29. The molecule has 3 rings (SSSR count). The number of aryl methyl sites for hydroxylation is 1. The molecule has 2 aromatic rings. The first-order chi connectivity index (χ1) is 11.5. The topological polar surface area (TPSA) is 59.8 Å². The van der Waals surface area contributed by atoms with Crippen molar-refractivity contribution in [1.82, 2.24) is 20.1 Å². The van der Waals surface area contributed by atoms with Gasteiger partial charge in [0.2, 0.25) is 5.91 Å². The summed E-state index contributed by atoms with van der Waals surface area (Å²) in [4.78, 5) is 16.9. The molecule has 130 valence electrons. The van der Waals surface area contributed by atoms with E-state index in [1.54, 1.807) is 28.4 Å². The molecule has 0 spiro atoms. The number of hydrogen-bond acceptors (Lipinski definition) is 5. The molecule has 1 aliphatic carbocycles. The van der Waals surface area contributed by atoms with Crippen LogP contribution in [0.1, 0.15) is 44.3 Å². The van der Waals surface area contributed by atoms with Gasteiger partial charge < -0.3 is 5.32 Å². The van der Waals surface area contributed by atoms with Crippen molar-refractivity contribution in [1.29, 1.82) is 0 Å². The average Bonchev–Trinajstić information content (AvgIpc) is 3.17. The van der Waals surface area contributed by atoms with Gasteiger partial charge in [0.15, 0.2) is 0 Å². The molecule has 8 heteroatoms. The van der Waals surface area contributed by atoms with Gasteiger partial charge in [-0.05, 0) is 39.5 Å². The van der Waals surface area contributed by atoms with Crippen LogP contribution in [-0.2, 0) is 4.79 Å². The Morgan fingerprint density at radius 2 is 2.21 bits per heavy atom. The quantitative estimate of drug-likeness (QED) is 0.843. The fourth-order valence-electron chi connectivity index (χ4n) is 2.82. The molecule has 1 N–H and O–H groups in total. The molecule has 1 fully saturated rings. The molecule has 0 aliphatic heterocycles. The second kappa shape index (κ2) is 7.89. The highest BCUT2D eigenvalue weighted by Gasteiger charge is 2.26. The molecule has 5 nitrogen and oxygen atoms in total. The number of carbonyl (C=O) groups is 1. The second-order valence-electron chi connectivity index (χ2n) is 6.17. The predicted octanol–water partition coefficient (Wildman–Crippen LogP) is 4.08. The van der Waals surface area contributed by atoms with Crippen molar-refractivity contribution in [2.24, 2.45) is 0 Å². The SMILES string of the molecule is Cc1csc(SC2CCC(NC(=O)C(C)n3cc(Cl)cn3)CC2)n1. The van der Waals surface area contributed by atoms with E-state index in [-0.39, 0.29) is 18.0 Å². The normalized spacial score (nSPS) is 22.3. The van der Waals surface area contributed by atoms with Crippen LogP contribution in [0.4, 0.5) is 0 Å². The minimum Gasteiger partial charge on any atom is -0.352 e. The van der Waals surface area contributed by atoms with Crippen molar-refractivity contribution in [3.8, 4) is 0 Å². The van der Waals surface area contributed by atoms with Crippen molar-refractivity contribution in [3.63, 3.8) is 0 Å². The molecule has 1 saturated carbocycles. The van der Waals surface area contributed by atoms with E-state index in [4.69, 9.17) is 11.6 Å². The number of thiazole rings is 1. The standard InChI is InChI=1S/C16H21ClN4OS2/c1-10-9-23-16(19-10)24-14-5-3-13(4-6-14)20-15(22)11(2)21-8-12(17)7-18-21/h7-9,11,13-14H,3-6H2,1-2H3,(H,20,22). The van der Waals surface area contributed by atoms with Crippen molar-refractivity contribution in [2.45, 2.75) is 61.2 Å². The van der Waals surface area contributed by atoms with Crippen LogP contribution in [0, 0.1) is 6.92 Å². The summed E-state index contributed by atoms with van der Waals surface area (Å²) in [5, 5.41) is 10.5. The molecule has 1 unspecified atom stereocenters. The van der Waals surface area contributed by atoms with Crippen molar-refractivity contribution in [3.05, 3.63) is 28.5 Å². The number of amides is 1. The Labute approximate surface area is 155 Å². The fourth-order valence-corrected chi connectivity index (χ4v) is 5.25. The zero-order valence-electron chi connectivity index (χ0n) is 13.7. The van der Waals surface area contributed by atoms with E-state index in [9.17, 15) is 4.79 Å². The fraction of sp³-hybridized carbons (Fsp3) is 0.562. The number of nitrogens with zero attached hydrogens (tertiary/aromatic N) is 3. The number of halogens is 1. The zero-order chi connectivity index (χ0) is 17.1. The number of hydrogen-bond donors (Lipinski definition) is 1. The van der Waals surface area contributed by atoms with Gasteiger partial charge in [-0.1, -0.05) is 23.4 Å². The van der Waals surface area contributed by atoms with Crippen LogP contribution in [0.3, 0.4) is 0 Å². The Bertz CT molecular complexity index is 694. The van der Waals surface area contributed by atoms with E-state index >= 15 is 0 Å². The van der Waals surface area contributed by atoms with Crippen LogP contribution in [-0.4, -0.2) is 32.0 Å². The van der Waals surface area contributed by atoms with E-state index < -0.39 is 0 Å². The average molecular weight is 385 g/mol. The number of nitrogens with one attached hydrogen (secondary N) is 1. The molecule has 2 heterocycles. The Morgan fingerprint density at radius 3 is 2.79 bits per heavy atom. The Morgan fingerprint density at radius 1 is 1.46 bits per heavy atom. The van der Waals surface area contributed by atoms with E-state index in [0.717, 1.165) is 35.7 Å². The molecule has 1 amide bonds. The molecule has 0 bridgehead atoms. The minimum atomic E-state index is -0.345. The summed E-state index contributed by atoms with van der Waals surface area (Å²) >= 11 is 9.46. The van der Waals surface area contributed by atoms with E-state index in [1.165, 1.54) is 0 Å². The first kappa shape index (κ1) is 17.8. The predicted molar refractivity (Wildman–Crippen MR) is 98.8 cm³/mol. The maximum Gasteiger partial charge on any atom is 0.244 e. The highest BCUT2D eigenvalue weighted by Crippen LogP contribution is 2.35. The molecule has 1 aliphatic rings. The summed E-state index contributed by atoms with van der Waals surface area (Å²) in [5.41, 5.74) is 1.09. The first-order valence-electron chi connectivity index (χ1n) is 8.10. The monoisotopic (exact) mass is 384 g/mol. The van der Waals surface area contributed by atoms with E-state index in [1.807, 2.05) is 25.6 Å². The highest BCUT2D eigenvalue weighted by atomic mass is 35.5. The maximum atomic E-state index is 12.4. The van der Waals surface area contributed by atoms with Crippen LogP contribution in [0.15, 0.2) is 22.1 Å². The Hall–Kier alpha value is -1.05. The van der Waals surface area contributed by atoms with Gasteiger partial charge >= 0.3 is 0 Å². The third-order valence-electron chi connectivity index (χ3n) is 4.23. The van der Waals surface area contributed by atoms with Crippen molar-refractivity contribution in [2.75, 3.05) is 0 Å². The maximum absolute atomic E-state index is 12.4. The van der Waals surface area contributed by atoms with Gasteiger partial charge in [-0.3, -0.25) is 9.48 Å². The van der Waals surface area contributed by atoms with Crippen molar-refractivity contribution >= 4 is 40.6 Å². The summed E-state index contributed by atoms with van der Waals surface area (Å²) in [6.45, 7) is 3.87. The highest BCUT2D eigenvalue weighted by molar-refractivity contribution is 8.01. The van der Waals surface area contributed by atoms with Crippen LogP contribution in [0.2, 0.25) is 5.02 Å². The van der Waals surface area contributed by atoms with Gasteiger partial charge in [0.05, 0.1) is 11.2 Å². The molecule has 0 aromatic carbocycles. The van der Waals surface area contributed by atoms with E-state index in [2.05, 4.69) is 20.8 Å². The lowest BCUT2D eigenvalue weighted by molar-refractivity contribution is -0.125. The number of aromatic nitrogens is 3. The van der Waals surface area contributed by atoms with Crippen LogP contribution in [0.25, 0.3) is 0 Å². The van der Waals surface area contributed by atoms with Crippen LogP contribution < -0.4 is 5.32 Å². The second-order valence-corrected chi connectivity index (χ2v) is 9.01. The lowest BCUT2D eigenvalue weighted by atomic mass is 9.95. The minimum absolute atomic E-state index is 0.00131. The van der Waals surface area contributed by atoms with Crippen molar-refractivity contribution < 1.29 is 4.79 Å². The molecule has 1 atom stereocenters. The summed E-state index contributed by atoms with van der Waals surface area (Å²) in [5.74, 6) is 0.00131. The zero-order valence-corrected chi connectivity index (χ0v) is 16.1. The lowest BCUT2D eigenvalue weighted by Crippen LogP contribution is -2.41. The molecule has 0 saturated heterocycles. The first-order valence-corrected chi connectivity index (χ1v) is 10.2. The molecule has 24 heavy (non-hydrogen) atoms. The van der Waals surface area contributed by atoms with Crippen LogP contribution >= 0.6 is 34.7 Å². The van der Waals surface area contributed by atoms with Gasteiger partial charge in [-0.2, -0.15) is 5.10 Å². The van der Waals surface area contributed by atoms with Gasteiger partial charge in [0, 0.05) is 28.6 Å². The van der Waals surface area contributed by atoms with E-state index in [0.29, 0.717) is 10.3 Å². The number of rotatable bonds is 5. The smallest absolute Gasteiger partial charge is 0.244 e. The summed E-state index contributed by atoms with van der Waals surface area (Å²) in [7, 11) is 0. The Kier molecular flexibility index (Phi) is 5.84. The molecule has 2 aromatic heterocycles. The largest absolute Gasteiger partial charge is 0.352 e. The molecule has 0 radical (unpaired) electrons. The van der Waals surface area contributed by atoms with Gasteiger partial charge in [-0.15, -0.1) is 11.3 Å². The van der Waals surface area contributed by atoms with Crippen LogP contribution in [0.5, 0.6) is 0 Å². The summed E-state index contributed by atoms with van der Waals surface area (Å²) in [6, 6.07) is -0.0937. The molecular formula is C16H21ClN4OS2. The Balaban J connectivity index is 1.45. The molecular weight excluding hydrogens is 364 g/mol. The van der Waals surface area contributed by atoms with Gasteiger partial charge in [0.1, 0.15) is 10.4 Å². The third-order valence-corrected chi connectivity index (χ3v) is 6.85. The number of carbonyl (C=O) groups excluding carboxylic acids is 1. The summed E-state index contributed by atoms with van der Waals surface area (Å²) in [6.07, 6.45) is 7.47. The van der Waals surface area contributed by atoms with Gasteiger partial charge in [-0.25, -0.2) is 4.98 Å².